The van der Waals surface area contributed by atoms with Crippen molar-refractivity contribution in [2.75, 3.05) is 47.5 Å². The third-order valence-corrected chi connectivity index (χ3v) is 21.6. The van der Waals surface area contributed by atoms with Crippen molar-refractivity contribution in [3.8, 4) is 0 Å². The molecule has 0 N–H and O–H groups in total. The topological polar surface area (TPSA) is 111 Å². The second-order valence-corrected chi connectivity index (χ2v) is 33.0. The fourth-order valence-corrected chi connectivity index (χ4v) is 14.7. The normalized spacial score (nSPS) is 12.4. The molecule has 0 bridgehead atoms. The van der Waals surface area contributed by atoms with E-state index in [0.29, 0.717) is 17.4 Å². The van der Waals surface area contributed by atoms with Crippen LogP contribution in [0.2, 0.25) is 0 Å². The minimum atomic E-state index is -1.62. The van der Waals surface area contributed by atoms with Crippen LogP contribution in [0.1, 0.15) is 508 Å². The zero-order chi connectivity index (χ0) is 72.5. The minimum absolute atomic E-state index is 0.154. The number of aliphatic carboxylic acids is 1. The van der Waals surface area contributed by atoms with Crippen LogP contribution >= 0.6 is 0 Å². The Morgan fingerprint density at radius 1 is 0.260 bits per heavy atom. The van der Waals surface area contributed by atoms with Crippen molar-refractivity contribution in [3.63, 3.8) is 0 Å². The summed E-state index contributed by atoms with van der Waals surface area (Å²) in [6.07, 6.45) is 102. The Hall–Kier alpha value is -1.71. The highest BCUT2D eigenvalue weighted by atomic mass is 16.7. The molecule has 0 aromatic heterocycles. The monoisotopic (exact) mass is 1410 g/mol. The van der Waals surface area contributed by atoms with Crippen LogP contribution in [-0.2, 0) is 33.3 Å². The largest absolute Gasteiger partial charge is 0.545 e. The van der Waals surface area contributed by atoms with Crippen LogP contribution in [-0.4, -0.2) is 82.3 Å². The van der Waals surface area contributed by atoms with Gasteiger partial charge < -0.3 is 33.3 Å². The maximum atomic E-state index is 13.0. The Bertz CT molecular complexity index is 1600. The van der Waals surface area contributed by atoms with E-state index in [1.165, 1.54) is 443 Å². The van der Waals surface area contributed by atoms with Gasteiger partial charge in [0.05, 0.1) is 40.3 Å². The predicted molar refractivity (Wildman–Crippen MR) is 431 cm³/mol. The molecule has 100 heavy (non-hydrogen) atoms. The summed E-state index contributed by atoms with van der Waals surface area (Å²) in [5.41, 5.74) is 0. The molecule has 0 radical (unpaired) electrons. The lowest BCUT2D eigenvalue weighted by atomic mass is 10.0. The molecular formula is C91H179NO8. The van der Waals surface area contributed by atoms with Crippen LogP contribution in [0.3, 0.4) is 0 Å². The van der Waals surface area contributed by atoms with E-state index in [2.05, 4.69) is 13.8 Å². The number of quaternary nitrogens is 1. The second-order valence-electron chi connectivity index (χ2n) is 33.0. The van der Waals surface area contributed by atoms with Crippen LogP contribution in [0.4, 0.5) is 0 Å². The van der Waals surface area contributed by atoms with Gasteiger partial charge in [0.15, 0.2) is 12.4 Å². The van der Waals surface area contributed by atoms with Gasteiger partial charge in [-0.25, -0.2) is 0 Å². The van der Waals surface area contributed by atoms with Gasteiger partial charge >= 0.3 is 11.9 Å². The first-order chi connectivity index (χ1) is 49.1. The fraction of sp³-hybridized carbons (Fsp3) is 0.967. The number of carbonyl (C=O) groups is 3. The smallest absolute Gasteiger partial charge is 0.306 e. The molecule has 0 heterocycles. The molecule has 0 rings (SSSR count). The summed E-state index contributed by atoms with van der Waals surface area (Å²) in [6.45, 7) is 4.87. The molecule has 2 unspecified atom stereocenters. The predicted octanol–water partition coefficient (Wildman–Crippen LogP) is 28.3. The average Bonchev–Trinajstić information content (AvgIpc) is 1.10. The number of rotatable bonds is 88. The summed E-state index contributed by atoms with van der Waals surface area (Å²) in [5.74, 6) is -2.23. The molecule has 0 saturated heterocycles. The highest BCUT2D eigenvalue weighted by Gasteiger charge is 2.22. The Kier molecular flexibility index (Phi) is 81.5. The van der Waals surface area contributed by atoms with E-state index >= 15 is 0 Å². The molecule has 2 atom stereocenters. The van der Waals surface area contributed by atoms with Gasteiger partial charge in [0.1, 0.15) is 13.2 Å². The minimum Gasteiger partial charge on any atom is -0.545 e. The Morgan fingerprint density at radius 2 is 0.450 bits per heavy atom. The van der Waals surface area contributed by atoms with Crippen molar-refractivity contribution in [1.29, 1.82) is 0 Å². The third kappa shape index (κ3) is 83.6. The molecule has 0 aliphatic rings. The maximum absolute atomic E-state index is 13.0. The van der Waals surface area contributed by atoms with E-state index in [0.717, 1.165) is 38.5 Å². The van der Waals surface area contributed by atoms with E-state index in [1.54, 1.807) is 0 Å². The van der Waals surface area contributed by atoms with E-state index in [-0.39, 0.29) is 32.2 Å². The number of hydrogen-bond donors (Lipinski definition) is 0. The summed E-state index contributed by atoms with van der Waals surface area (Å²) >= 11 is 0. The van der Waals surface area contributed by atoms with Gasteiger partial charge in [-0.3, -0.25) is 9.59 Å². The van der Waals surface area contributed by atoms with E-state index in [4.69, 9.17) is 18.9 Å². The van der Waals surface area contributed by atoms with Crippen LogP contribution in [0.15, 0.2) is 0 Å². The molecule has 0 amide bonds. The van der Waals surface area contributed by atoms with Crippen molar-refractivity contribution < 1.29 is 42.9 Å². The quantitative estimate of drug-likeness (QED) is 0.0256. The third-order valence-electron chi connectivity index (χ3n) is 21.6. The molecule has 0 saturated carbocycles. The highest BCUT2D eigenvalue weighted by molar-refractivity contribution is 5.70. The van der Waals surface area contributed by atoms with Crippen molar-refractivity contribution in [1.82, 2.24) is 0 Å². The summed E-state index contributed by atoms with van der Waals surface area (Å²) in [6, 6.07) is 0. The van der Waals surface area contributed by atoms with Crippen molar-refractivity contribution in [2.24, 2.45) is 0 Å². The molecule has 9 heteroatoms. The van der Waals surface area contributed by atoms with E-state index in [1.807, 2.05) is 21.1 Å². The second kappa shape index (κ2) is 82.9. The first-order valence-corrected chi connectivity index (χ1v) is 45.7. The molecule has 0 fully saturated rings. The van der Waals surface area contributed by atoms with Crippen LogP contribution < -0.4 is 5.11 Å². The molecule has 0 aliphatic carbocycles. The number of unbranched alkanes of at least 4 members (excludes halogenated alkanes) is 73. The molecule has 596 valence electrons. The van der Waals surface area contributed by atoms with Gasteiger partial charge in [-0.15, -0.1) is 0 Å². The van der Waals surface area contributed by atoms with Gasteiger partial charge in [-0.05, 0) is 12.8 Å². The van der Waals surface area contributed by atoms with E-state index < -0.39 is 24.3 Å². The standard InChI is InChI=1S/C91H179NO8/c1-6-8-10-12-14-16-18-20-22-24-26-28-30-32-34-36-38-40-42-43-44-45-46-48-50-52-54-56-58-60-62-64-66-68-70-72-74-76-78-80-82-89(94)100-87(86-99-91(90(95)96)97-84-83-92(3,4)5)85-98-88(93)81-79-77-75-73-71-69-67-65-63-61-59-57-55-53-51-49-47-41-39-37-35-33-31-29-27-25-23-21-19-17-15-13-11-9-7-2/h87,91H,6-86H2,1-5H3. The van der Waals surface area contributed by atoms with Gasteiger partial charge in [0.25, 0.3) is 0 Å². The summed E-state index contributed by atoms with van der Waals surface area (Å²) in [5, 5.41) is 11.9. The Balaban J connectivity index is 3.86. The van der Waals surface area contributed by atoms with Crippen molar-refractivity contribution in [2.45, 2.75) is 521 Å². The lowest BCUT2D eigenvalue weighted by Crippen LogP contribution is -2.44. The van der Waals surface area contributed by atoms with Gasteiger partial charge in [-0.1, -0.05) is 483 Å². The number of likely N-dealkylation sites (N-methyl/N-ethyl adjacent to an activating group) is 1. The fourth-order valence-electron chi connectivity index (χ4n) is 14.7. The maximum Gasteiger partial charge on any atom is 0.306 e. The summed E-state index contributed by atoms with van der Waals surface area (Å²) in [4.78, 5) is 37.7. The Labute approximate surface area is 625 Å². The first-order valence-electron chi connectivity index (χ1n) is 45.7. The van der Waals surface area contributed by atoms with Crippen LogP contribution in [0.5, 0.6) is 0 Å². The van der Waals surface area contributed by atoms with Gasteiger partial charge in [0, 0.05) is 12.8 Å². The number of carboxylic acids is 1. The summed E-state index contributed by atoms with van der Waals surface area (Å²) in [7, 11) is 5.96. The lowest BCUT2D eigenvalue weighted by Gasteiger charge is -2.26. The molecular weight excluding hydrogens is 1230 g/mol. The molecule has 9 nitrogen and oxygen atoms in total. The van der Waals surface area contributed by atoms with Crippen molar-refractivity contribution >= 4 is 17.9 Å². The number of carbonyl (C=O) groups excluding carboxylic acids is 3. The molecule has 0 aromatic rings. The SMILES string of the molecule is CCCCCCCCCCCCCCCCCCCCCCCCCCCCCCCCCCCCCCCCCCC(=O)OC(COC(=O)CCCCCCCCCCCCCCCCCCCCCCCCCCCCCCCCCCCCC)COC(OCC[N+](C)(C)C)C(=O)[O-]. The highest BCUT2D eigenvalue weighted by Crippen LogP contribution is 2.22. The Morgan fingerprint density at radius 3 is 0.640 bits per heavy atom. The molecule has 0 aliphatic heterocycles. The van der Waals surface area contributed by atoms with Gasteiger partial charge in [-0.2, -0.15) is 0 Å². The first kappa shape index (κ1) is 98.3. The zero-order valence-corrected chi connectivity index (χ0v) is 68.6. The van der Waals surface area contributed by atoms with E-state index in [9.17, 15) is 19.5 Å². The van der Waals surface area contributed by atoms with Crippen LogP contribution in [0, 0.1) is 0 Å². The van der Waals surface area contributed by atoms with Crippen LogP contribution in [0.25, 0.3) is 0 Å². The number of carboxylic acid groups (broad SMARTS) is 1. The molecule has 0 spiro atoms. The lowest BCUT2D eigenvalue weighted by molar-refractivity contribution is -0.870. The number of ether oxygens (including phenoxy) is 4. The summed E-state index contributed by atoms with van der Waals surface area (Å²) < 4.78 is 22.9. The van der Waals surface area contributed by atoms with Gasteiger partial charge in [0.2, 0.25) is 0 Å². The number of nitrogens with zero attached hydrogens (tertiary/aromatic N) is 1. The molecule has 0 aromatic carbocycles. The number of hydrogen-bond acceptors (Lipinski definition) is 8. The average molecular weight is 1420 g/mol. The zero-order valence-electron chi connectivity index (χ0n) is 68.6. The number of esters is 2. The van der Waals surface area contributed by atoms with Crippen molar-refractivity contribution in [3.05, 3.63) is 0 Å².